The Morgan fingerprint density at radius 3 is 2.17 bits per heavy atom. The summed E-state index contributed by atoms with van der Waals surface area (Å²) < 4.78 is 36.4. The first-order chi connectivity index (χ1) is 13.9. The fourth-order valence-electron chi connectivity index (χ4n) is 2.53. The summed E-state index contributed by atoms with van der Waals surface area (Å²) in [5.74, 6) is 0.825. The molecular weight excluding hydrogens is 390 g/mol. The normalized spacial score (nSPS) is 11.3. The zero-order valence-electron chi connectivity index (χ0n) is 16.1. The Morgan fingerprint density at radius 1 is 0.862 bits per heavy atom. The number of nitrogens with zero attached hydrogens (tertiary/aromatic N) is 1. The Kier molecular flexibility index (Phi) is 6.31. The maximum atomic E-state index is 12.3. The van der Waals surface area contributed by atoms with Gasteiger partial charge in [0.15, 0.2) is 0 Å². The van der Waals surface area contributed by atoms with Crippen molar-refractivity contribution in [1.82, 2.24) is 4.31 Å². The third-order valence-corrected chi connectivity index (χ3v) is 5.95. The molecule has 0 N–H and O–H groups in total. The minimum absolute atomic E-state index is 0.0720. The van der Waals surface area contributed by atoms with Crippen molar-refractivity contribution < 1.29 is 22.7 Å². The Morgan fingerprint density at radius 2 is 1.52 bits per heavy atom. The standard InChI is InChI=1S/C22H21NO5S/c1-23(2)29(25,26)21-13-11-18(12-14-21)22(24)27-16-17-7-6-10-20(15-17)28-19-8-4-3-5-9-19/h3-15H,16H2,1-2H3. The lowest BCUT2D eigenvalue weighted by Gasteiger charge is -2.11. The molecule has 0 heterocycles. The van der Waals surface area contributed by atoms with Crippen LogP contribution in [0.2, 0.25) is 0 Å². The van der Waals surface area contributed by atoms with Crippen molar-refractivity contribution in [1.29, 1.82) is 0 Å². The second-order valence-electron chi connectivity index (χ2n) is 6.45. The molecule has 29 heavy (non-hydrogen) atoms. The van der Waals surface area contributed by atoms with Gasteiger partial charge in [-0.2, -0.15) is 0 Å². The zero-order valence-corrected chi connectivity index (χ0v) is 16.9. The van der Waals surface area contributed by atoms with E-state index in [1.165, 1.54) is 38.4 Å². The first-order valence-corrected chi connectivity index (χ1v) is 10.3. The number of benzene rings is 3. The van der Waals surface area contributed by atoms with Gasteiger partial charge in [-0.1, -0.05) is 30.3 Å². The number of ether oxygens (including phenoxy) is 2. The molecule has 0 saturated heterocycles. The van der Waals surface area contributed by atoms with E-state index < -0.39 is 16.0 Å². The van der Waals surface area contributed by atoms with Gasteiger partial charge in [-0.3, -0.25) is 0 Å². The van der Waals surface area contributed by atoms with Crippen LogP contribution in [0.25, 0.3) is 0 Å². The molecule has 0 aliphatic rings. The highest BCUT2D eigenvalue weighted by Gasteiger charge is 2.17. The number of rotatable bonds is 7. The molecule has 6 nitrogen and oxygen atoms in total. The average molecular weight is 411 g/mol. The fraction of sp³-hybridized carbons (Fsp3) is 0.136. The SMILES string of the molecule is CN(C)S(=O)(=O)c1ccc(C(=O)OCc2cccc(Oc3ccccc3)c2)cc1. The summed E-state index contributed by atoms with van der Waals surface area (Å²) in [6.45, 7) is 0.0720. The highest BCUT2D eigenvalue weighted by molar-refractivity contribution is 7.89. The topological polar surface area (TPSA) is 72.9 Å². The number of carbonyl (C=O) groups excluding carboxylic acids is 1. The molecule has 0 atom stereocenters. The molecular formula is C22H21NO5S. The van der Waals surface area contributed by atoms with Crippen molar-refractivity contribution in [3.8, 4) is 11.5 Å². The monoisotopic (exact) mass is 411 g/mol. The first kappa shape index (κ1) is 20.6. The van der Waals surface area contributed by atoms with E-state index in [1.54, 1.807) is 6.07 Å². The second kappa shape index (κ2) is 8.89. The number of carbonyl (C=O) groups is 1. The number of hydrogen-bond donors (Lipinski definition) is 0. The highest BCUT2D eigenvalue weighted by atomic mass is 32.2. The summed E-state index contributed by atoms with van der Waals surface area (Å²) >= 11 is 0. The predicted molar refractivity (Wildman–Crippen MR) is 109 cm³/mol. The summed E-state index contributed by atoms with van der Waals surface area (Å²) in [7, 11) is -0.635. The Bertz CT molecular complexity index is 1080. The molecule has 3 aromatic carbocycles. The van der Waals surface area contributed by atoms with Gasteiger partial charge in [0.2, 0.25) is 10.0 Å². The van der Waals surface area contributed by atoms with Crippen LogP contribution in [0.3, 0.4) is 0 Å². The van der Waals surface area contributed by atoms with E-state index in [0.29, 0.717) is 5.75 Å². The van der Waals surface area contributed by atoms with Crippen molar-refractivity contribution in [2.45, 2.75) is 11.5 Å². The van der Waals surface area contributed by atoms with E-state index in [1.807, 2.05) is 48.5 Å². The van der Waals surface area contributed by atoms with Crippen LogP contribution in [-0.4, -0.2) is 32.8 Å². The quantitative estimate of drug-likeness (QED) is 0.548. The fourth-order valence-corrected chi connectivity index (χ4v) is 3.43. The zero-order chi connectivity index (χ0) is 20.9. The summed E-state index contributed by atoms with van der Waals surface area (Å²) in [6, 6.07) is 22.3. The van der Waals surface area contributed by atoms with E-state index in [4.69, 9.17) is 9.47 Å². The van der Waals surface area contributed by atoms with Crippen molar-refractivity contribution in [2.75, 3.05) is 14.1 Å². The summed E-state index contributed by atoms with van der Waals surface area (Å²) in [5.41, 5.74) is 1.05. The van der Waals surface area contributed by atoms with Gasteiger partial charge < -0.3 is 9.47 Å². The van der Waals surface area contributed by atoms with Crippen LogP contribution >= 0.6 is 0 Å². The van der Waals surface area contributed by atoms with E-state index in [2.05, 4.69) is 0 Å². The van der Waals surface area contributed by atoms with Crippen molar-refractivity contribution in [2.24, 2.45) is 0 Å². The van der Waals surface area contributed by atoms with Crippen LogP contribution < -0.4 is 4.74 Å². The molecule has 0 bridgehead atoms. The Labute approximate surface area is 170 Å². The maximum Gasteiger partial charge on any atom is 0.338 e. The number of hydrogen-bond acceptors (Lipinski definition) is 5. The van der Waals surface area contributed by atoms with Gasteiger partial charge in [-0.25, -0.2) is 17.5 Å². The maximum absolute atomic E-state index is 12.3. The summed E-state index contributed by atoms with van der Waals surface area (Å²) in [6.07, 6.45) is 0. The molecule has 150 valence electrons. The van der Waals surface area contributed by atoms with Gasteiger partial charge in [0.05, 0.1) is 10.5 Å². The lowest BCUT2D eigenvalue weighted by molar-refractivity contribution is 0.0472. The van der Waals surface area contributed by atoms with Crippen molar-refractivity contribution in [3.63, 3.8) is 0 Å². The van der Waals surface area contributed by atoms with E-state index in [0.717, 1.165) is 15.6 Å². The molecule has 0 unspecified atom stereocenters. The molecule has 0 spiro atoms. The van der Waals surface area contributed by atoms with Gasteiger partial charge in [-0.15, -0.1) is 0 Å². The van der Waals surface area contributed by atoms with Gasteiger partial charge in [0, 0.05) is 14.1 Å². The molecule has 0 amide bonds. The molecule has 0 aromatic heterocycles. The second-order valence-corrected chi connectivity index (χ2v) is 8.60. The first-order valence-electron chi connectivity index (χ1n) is 8.88. The number of esters is 1. The Hall–Kier alpha value is -3.16. The van der Waals surface area contributed by atoms with Gasteiger partial charge >= 0.3 is 5.97 Å². The van der Waals surface area contributed by atoms with Crippen LogP contribution in [0, 0.1) is 0 Å². The Balaban J connectivity index is 1.63. The largest absolute Gasteiger partial charge is 0.457 e. The van der Waals surface area contributed by atoms with Crippen LogP contribution in [0.5, 0.6) is 11.5 Å². The smallest absolute Gasteiger partial charge is 0.338 e. The van der Waals surface area contributed by atoms with E-state index in [9.17, 15) is 13.2 Å². The van der Waals surface area contributed by atoms with Crippen molar-refractivity contribution in [3.05, 3.63) is 90.0 Å². The molecule has 7 heteroatoms. The lowest BCUT2D eigenvalue weighted by atomic mass is 10.2. The third kappa shape index (κ3) is 5.22. The predicted octanol–water partition coefficient (Wildman–Crippen LogP) is 4.09. The number of para-hydroxylation sites is 1. The minimum Gasteiger partial charge on any atom is -0.457 e. The minimum atomic E-state index is -3.54. The van der Waals surface area contributed by atoms with Gasteiger partial charge in [0.1, 0.15) is 18.1 Å². The van der Waals surface area contributed by atoms with Crippen molar-refractivity contribution >= 4 is 16.0 Å². The molecule has 3 aromatic rings. The molecule has 0 radical (unpaired) electrons. The average Bonchev–Trinajstić information content (AvgIpc) is 2.73. The third-order valence-electron chi connectivity index (χ3n) is 4.12. The van der Waals surface area contributed by atoms with E-state index >= 15 is 0 Å². The molecule has 0 saturated carbocycles. The molecule has 0 aliphatic carbocycles. The summed E-state index contributed by atoms with van der Waals surface area (Å²) in [4.78, 5) is 12.4. The van der Waals surface area contributed by atoms with Gasteiger partial charge in [0.25, 0.3) is 0 Å². The molecule has 0 aliphatic heterocycles. The van der Waals surface area contributed by atoms with E-state index in [-0.39, 0.29) is 17.1 Å². The van der Waals surface area contributed by atoms with Gasteiger partial charge in [-0.05, 0) is 54.1 Å². The number of sulfonamides is 1. The van der Waals surface area contributed by atoms with Crippen LogP contribution in [-0.2, 0) is 21.4 Å². The molecule has 3 rings (SSSR count). The summed E-state index contributed by atoms with van der Waals surface area (Å²) in [5, 5.41) is 0. The lowest BCUT2D eigenvalue weighted by Crippen LogP contribution is -2.22. The van der Waals surface area contributed by atoms with Crippen LogP contribution in [0.1, 0.15) is 15.9 Å². The highest BCUT2D eigenvalue weighted by Crippen LogP contribution is 2.22. The van der Waals surface area contributed by atoms with Crippen LogP contribution in [0.4, 0.5) is 0 Å². The molecule has 0 fully saturated rings. The van der Waals surface area contributed by atoms with Crippen LogP contribution in [0.15, 0.2) is 83.8 Å².